The van der Waals surface area contributed by atoms with Crippen molar-refractivity contribution in [2.45, 2.75) is 88.9 Å². The molecule has 0 heterocycles. The molecule has 4 nitrogen and oxygen atoms in total. The molecule has 1 N–H and O–H groups in total. The van der Waals surface area contributed by atoms with Crippen LogP contribution in [0.25, 0.3) is 0 Å². The van der Waals surface area contributed by atoms with Crippen LogP contribution in [-0.2, 0) is 0 Å². The van der Waals surface area contributed by atoms with Crippen LogP contribution in [-0.4, -0.2) is 41.7 Å². The molecule has 7 heteroatoms. The molecule has 0 radical (unpaired) electrons. The fourth-order valence-corrected chi connectivity index (χ4v) is 11.3. The van der Waals surface area contributed by atoms with Gasteiger partial charge >= 0.3 is 5.97 Å². The third-order valence-corrected chi connectivity index (χ3v) is 13.8. The third-order valence-electron chi connectivity index (χ3n) is 6.37. The van der Waals surface area contributed by atoms with Gasteiger partial charge in [-0.3, -0.25) is 0 Å². The van der Waals surface area contributed by atoms with Crippen molar-refractivity contribution in [3.63, 3.8) is 0 Å². The van der Waals surface area contributed by atoms with Gasteiger partial charge in [-0.2, -0.15) is 0 Å². The first-order valence-corrected chi connectivity index (χ1v) is 18.3. The Kier molecular flexibility index (Phi) is 17.7. The maximum Gasteiger partial charge on any atom is 0.335 e. The average Bonchev–Trinajstić information content (AvgIpc) is 2.92. The first-order chi connectivity index (χ1) is 17.8. The summed E-state index contributed by atoms with van der Waals surface area (Å²) < 4.78 is 0. The molecule has 0 aromatic heterocycles. The van der Waals surface area contributed by atoms with E-state index in [2.05, 4.69) is 27.7 Å². The number of aromatic carboxylic acids is 2. The minimum Gasteiger partial charge on any atom is -0.545 e. The SMILES string of the molecule is CCCC[P+](CCCC)(CCCC)CCCC.O=C([O-])c1ccc(SSc2ccc(C(=O)O)cc2)cc1. The van der Waals surface area contributed by atoms with E-state index in [1.165, 1.54) is 85.1 Å². The Hall–Kier alpha value is -1.49. The number of hydrogen-bond acceptors (Lipinski definition) is 5. The summed E-state index contributed by atoms with van der Waals surface area (Å²) in [5.41, 5.74) is 0.392. The summed E-state index contributed by atoms with van der Waals surface area (Å²) in [4.78, 5) is 23.1. The van der Waals surface area contributed by atoms with E-state index in [1.807, 2.05) is 0 Å². The molecule has 0 fully saturated rings. The second-order valence-electron chi connectivity index (χ2n) is 9.46. The molecule has 2 aromatic rings. The Morgan fingerprint density at radius 3 is 1.24 bits per heavy atom. The molecule has 206 valence electrons. The fraction of sp³-hybridized carbons (Fsp3) is 0.533. The van der Waals surface area contributed by atoms with Crippen LogP contribution < -0.4 is 5.11 Å². The lowest BCUT2D eigenvalue weighted by Gasteiger charge is -2.28. The monoisotopic (exact) mass is 564 g/mol. The largest absolute Gasteiger partial charge is 0.545 e. The van der Waals surface area contributed by atoms with Crippen LogP contribution in [0.15, 0.2) is 58.3 Å². The summed E-state index contributed by atoms with van der Waals surface area (Å²) in [5.74, 6) is -2.15. The average molecular weight is 565 g/mol. The molecule has 0 atom stereocenters. The van der Waals surface area contributed by atoms with E-state index in [9.17, 15) is 14.7 Å². The molecule has 37 heavy (non-hydrogen) atoms. The minimum absolute atomic E-state index is 0.144. The van der Waals surface area contributed by atoms with Crippen LogP contribution in [0.3, 0.4) is 0 Å². The lowest BCUT2D eigenvalue weighted by molar-refractivity contribution is -0.255. The van der Waals surface area contributed by atoms with E-state index < -0.39 is 19.2 Å². The van der Waals surface area contributed by atoms with Crippen LogP contribution in [0.2, 0.25) is 0 Å². The molecule has 2 aromatic carbocycles. The predicted molar refractivity (Wildman–Crippen MR) is 162 cm³/mol. The highest BCUT2D eigenvalue weighted by Crippen LogP contribution is 2.61. The van der Waals surface area contributed by atoms with Crippen molar-refractivity contribution in [1.29, 1.82) is 0 Å². The number of carbonyl (C=O) groups is 2. The van der Waals surface area contributed by atoms with E-state index in [-0.39, 0.29) is 11.1 Å². The van der Waals surface area contributed by atoms with Crippen molar-refractivity contribution in [2.75, 3.05) is 24.6 Å². The zero-order chi connectivity index (χ0) is 27.5. The number of rotatable bonds is 17. The lowest BCUT2D eigenvalue weighted by Crippen LogP contribution is -2.21. The summed E-state index contributed by atoms with van der Waals surface area (Å²) in [6.45, 7) is 9.42. The molecule has 0 spiro atoms. The Morgan fingerprint density at radius 1 is 0.649 bits per heavy atom. The molecule has 0 aliphatic heterocycles. The van der Waals surface area contributed by atoms with Gasteiger partial charge in [0.2, 0.25) is 0 Å². The molecule has 0 amide bonds. The van der Waals surface area contributed by atoms with Crippen LogP contribution in [0, 0.1) is 0 Å². The van der Waals surface area contributed by atoms with Gasteiger partial charge in [-0.1, -0.05) is 87.1 Å². The zero-order valence-electron chi connectivity index (χ0n) is 23.0. The van der Waals surface area contributed by atoms with E-state index in [1.54, 1.807) is 61.0 Å². The van der Waals surface area contributed by atoms with Gasteiger partial charge in [0.05, 0.1) is 36.2 Å². The first-order valence-electron chi connectivity index (χ1n) is 13.6. The number of carbonyl (C=O) groups excluding carboxylic acids is 1. The van der Waals surface area contributed by atoms with Crippen molar-refractivity contribution in [1.82, 2.24) is 0 Å². The van der Waals surface area contributed by atoms with Gasteiger partial charge in [0.15, 0.2) is 0 Å². The number of hydrogen-bond donors (Lipinski definition) is 1. The molecular weight excluding hydrogens is 519 g/mol. The maximum atomic E-state index is 10.7. The van der Waals surface area contributed by atoms with Gasteiger partial charge in [0.1, 0.15) is 0 Å². The van der Waals surface area contributed by atoms with Crippen molar-refractivity contribution in [2.24, 2.45) is 0 Å². The van der Waals surface area contributed by atoms with E-state index in [0.29, 0.717) is 0 Å². The molecule has 0 bridgehead atoms. The third kappa shape index (κ3) is 13.7. The normalized spacial score (nSPS) is 11.0. The number of unbranched alkanes of at least 4 members (excludes halogenated alkanes) is 4. The van der Waals surface area contributed by atoms with Crippen LogP contribution in [0.5, 0.6) is 0 Å². The summed E-state index contributed by atoms with van der Waals surface area (Å²) >= 11 is 0. The Bertz CT molecular complexity index is 806. The number of benzene rings is 2. The smallest absolute Gasteiger partial charge is 0.335 e. The Labute approximate surface area is 233 Å². The van der Waals surface area contributed by atoms with Gasteiger partial charge in [-0.15, -0.1) is 0 Å². The molecule has 0 saturated carbocycles. The van der Waals surface area contributed by atoms with Crippen LogP contribution in [0.4, 0.5) is 0 Å². The summed E-state index contributed by atoms with van der Waals surface area (Å²) in [7, 11) is 2.37. The zero-order valence-corrected chi connectivity index (χ0v) is 25.6. The summed E-state index contributed by atoms with van der Waals surface area (Å²) in [6, 6.07) is 12.9. The Balaban J connectivity index is 0.000000377. The van der Waals surface area contributed by atoms with Gasteiger partial charge in [0.25, 0.3) is 0 Å². The molecule has 0 aliphatic carbocycles. The van der Waals surface area contributed by atoms with Gasteiger partial charge in [-0.05, 0) is 67.6 Å². The van der Waals surface area contributed by atoms with E-state index in [0.717, 1.165) is 9.79 Å². The predicted octanol–water partition coefficient (Wildman–Crippen LogP) is 8.75. The molecule has 0 unspecified atom stereocenters. The summed E-state index contributed by atoms with van der Waals surface area (Å²) in [5, 5.41) is 19.4. The number of carboxylic acids is 2. The minimum atomic E-state index is -1.20. The van der Waals surface area contributed by atoms with Gasteiger partial charge in [-0.25, -0.2) is 4.79 Å². The topological polar surface area (TPSA) is 77.4 Å². The molecular formula is C30H45O4PS2. The quantitative estimate of drug-likeness (QED) is 0.153. The van der Waals surface area contributed by atoms with Crippen molar-refractivity contribution in [3.8, 4) is 0 Å². The van der Waals surface area contributed by atoms with Gasteiger partial charge < -0.3 is 15.0 Å². The van der Waals surface area contributed by atoms with Crippen molar-refractivity contribution >= 4 is 40.8 Å². The lowest BCUT2D eigenvalue weighted by atomic mass is 10.2. The number of carboxylic acid groups (broad SMARTS) is 2. The van der Waals surface area contributed by atoms with Crippen molar-refractivity contribution < 1.29 is 19.8 Å². The highest BCUT2D eigenvalue weighted by molar-refractivity contribution is 8.76. The Morgan fingerprint density at radius 2 is 0.973 bits per heavy atom. The van der Waals surface area contributed by atoms with Gasteiger partial charge in [0, 0.05) is 17.1 Å². The van der Waals surface area contributed by atoms with E-state index in [4.69, 9.17) is 5.11 Å². The van der Waals surface area contributed by atoms with Crippen LogP contribution in [0.1, 0.15) is 99.8 Å². The van der Waals surface area contributed by atoms with E-state index >= 15 is 0 Å². The second-order valence-corrected chi connectivity index (χ2v) is 16.2. The fourth-order valence-electron chi connectivity index (χ4n) is 4.04. The van der Waals surface area contributed by atoms with Crippen LogP contribution >= 0.6 is 28.9 Å². The highest BCUT2D eigenvalue weighted by atomic mass is 33.1. The molecule has 0 saturated heterocycles. The van der Waals surface area contributed by atoms with Crippen molar-refractivity contribution in [3.05, 3.63) is 59.7 Å². The molecule has 0 aliphatic rings. The summed E-state index contributed by atoms with van der Waals surface area (Å²) in [6.07, 6.45) is 17.9. The second kappa shape index (κ2) is 19.6. The highest BCUT2D eigenvalue weighted by Gasteiger charge is 2.34. The first kappa shape index (κ1) is 33.5. The standard InChI is InChI=1S/C16H36P.C14H10O4S2/c1-5-9-13-17(14-10-6-2,15-11-7-3)16-12-8-4;15-13(16)9-1-5-11(6-2-9)19-20-12-7-3-10(4-8-12)14(17)18/h5-16H2,1-4H3;1-8H,(H,15,16)(H,17,18)/q+1;/p-1. The molecule has 2 rings (SSSR count). The maximum absolute atomic E-state index is 10.7.